The standard InChI is InChI=1S/C6H8NO4P.Na.4H2O/c7-5-1-3-6(4-2-5)11-12(8,9)10;;;;;/h1-4H,7H2,(H2,8,9,10);;4*1H2/q;+1;;;;/p-1. The Bertz CT molecular complexity index is 314. The summed E-state index contributed by atoms with van der Waals surface area (Å²) in [6, 6.07) is 5.61. The van der Waals surface area contributed by atoms with Crippen LogP contribution >= 0.6 is 7.82 Å². The first-order valence-corrected chi connectivity index (χ1v) is 4.56. The Morgan fingerprint density at radius 2 is 1.47 bits per heavy atom. The van der Waals surface area contributed by atoms with Crippen LogP contribution in [0.15, 0.2) is 24.3 Å². The first-order valence-electron chi connectivity index (χ1n) is 3.06. The molecule has 0 bridgehead atoms. The fraction of sp³-hybridized carbons (Fsp3) is 0. The van der Waals surface area contributed by atoms with Crippen LogP contribution in [0.3, 0.4) is 0 Å². The van der Waals surface area contributed by atoms with E-state index in [1.807, 2.05) is 0 Å². The maximum absolute atomic E-state index is 10.2. The summed E-state index contributed by atoms with van der Waals surface area (Å²) in [6.45, 7) is 0. The first-order chi connectivity index (χ1) is 5.47. The third-order valence-electron chi connectivity index (χ3n) is 1.10. The second-order valence-electron chi connectivity index (χ2n) is 2.13. The molecule has 1 unspecified atom stereocenters. The molecule has 0 saturated heterocycles. The topological polar surface area (TPSA) is 222 Å². The summed E-state index contributed by atoms with van der Waals surface area (Å²) in [5, 5.41) is 0. The molecule has 0 radical (unpaired) electrons. The molecule has 0 aliphatic heterocycles. The van der Waals surface area contributed by atoms with Crippen molar-refractivity contribution in [2.24, 2.45) is 0 Å². The number of hydrogen-bond acceptors (Lipinski definition) is 4. The molecule has 0 aliphatic rings. The molecule has 1 aromatic carbocycles. The van der Waals surface area contributed by atoms with E-state index < -0.39 is 7.82 Å². The Morgan fingerprint density at radius 1 is 1.12 bits per heavy atom. The second kappa shape index (κ2) is 12.3. The SMILES string of the molecule is Nc1ccc(OP(=O)([O-])O)cc1.O.O.O.O.[Na+]. The number of nitrogens with two attached hydrogens (primary N) is 1. The van der Waals surface area contributed by atoms with E-state index in [-0.39, 0.29) is 57.2 Å². The van der Waals surface area contributed by atoms with E-state index >= 15 is 0 Å². The predicted octanol–water partition coefficient (Wildman–Crippen LogP) is -6.19. The van der Waals surface area contributed by atoms with Gasteiger partial charge in [-0.1, -0.05) is 0 Å². The third-order valence-corrected chi connectivity index (χ3v) is 1.54. The van der Waals surface area contributed by atoms with Gasteiger partial charge in [0.05, 0.1) is 0 Å². The molecule has 1 atom stereocenters. The average Bonchev–Trinajstić information content (AvgIpc) is 1.91. The van der Waals surface area contributed by atoms with Gasteiger partial charge in [-0.15, -0.1) is 0 Å². The van der Waals surface area contributed by atoms with E-state index in [0.29, 0.717) is 5.69 Å². The van der Waals surface area contributed by atoms with Crippen LogP contribution in [0, 0.1) is 0 Å². The monoisotopic (exact) mass is 283 g/mol. The van der Waals surface area contributed by atoms with Crippen LogP contribution in [0.5, 0.6) is 5.75 Å². The van der Waals surface area contributed by atoms with E-state index in [1.165, 1.54) is 24.3 Å². The number of phosphoric acid groups is 1. The van der Waals surface area contributed by atoms with Gasteiger partial charge in [-0.2, -0.15) is 0 Å². The van der Waals surface area contributed by atoms with Crippen molar-refractivity contribution >= 4 is 13.5 Å². The predicted molar refractivity (Wildman–Crippen MR) is 55.8 cm³/mol. The van der Waals surface area contributed by atoms with E-state index in [9.17, 15) is 9.46 Å². The van der Waals surface area contributed by atoms with E-state index in [4.69, 9.17) is 10.6 Å². The minimum Gasteiger partial charge on any atom is -0.746 e. The summed E-state index contributed by atoms with van der Waals surface area (Å²) in [5.41, 5.74) is 5.81. The van der Waals surface area contributed by atoms with Crippen LogP contribution in [0.4, 0.5) is 5.69 Å². The average molecular weight is 283 g/mol. The minimum atomic E-state index is -4.69. The van der Waals surface area contributed by atoms with Gasteiger partial charge in [-0.25, -0.2) is 0 Å². The van der Waals surface area contributed by atoms with Gasteiger partial charge in [0.25, 0.3) is 0 Å². The number of benzene rings is 1. The van der Waals surface area contributed by atoms with Gasteiger partial charge < -0.3 is 41.9 Å². The Morgan fingerprint density at radius 3 is 1.76 bits per heavy atom. The quantitative estimate of drug-likeness (QED) is 0.306. The van der Waals surface area contributed by atoms with E-state index in [2.05, 4.69) is 4.52 Å². The Kier molecular flexibility index (Phi) is 21.7. The maximum Gasteiger partial charge on any atom is 1.00 e. The van der Waals surface area contributed by atoms with Gasteiger partial charge in [0, 0.05) is 5.69 Å². The zero-order chi connectivity index (χ0) is 9.19. The smallest absolute Gasteiger partial charge is 0.746 e. The van der Waals surface area contributed by atoms with Crippen LogP contribution in [-0.4, -0.2) is 26.8 Å². The van der Waals surface area contributed by atoms with Crippen molar-refractivity contribution in [3.05, 3.63) is 24.3 Å². The van der Waals surface area contributed by atoms with Gasteiger partial charge in [0.1, 0.15) is 5.75 Å². The van der Waals surface area contributed by atoms with Crippen molar-refractivity contribution in [1.29, 1.82) is 0 Å². The number of anilines is 1. The molecule has 0 aromatic heterocycles. The summed E-state index contributed by atoms with van der Waals surface area (Å²) in [7, 11) is -4.69. The Labute approximate surface area is 119 Å². The van der Waals surface area contributed by atoms with Crippen LogP contribution in [0.1, 0.15) is 0 Å². The fourth-order valence-electron chi connectivity index (χ4n) is 0.662. The van der Waals surface area contributed by atoms with Crippen LogP contribution < -0.4 is 44.7 Å². The van der Waals surface area contributed by atoms with Crippen molar-refractivity contribution in [2.45, 2.75) is 0 Å². The molecule has 11 N–H and O–H groups in total. The van der Waals surface area contributed by atoms with Gasteiger partial charge in [0.2, 0.25) is 0 Å². The molecule has 0 aliphatic carbocycles. The molecule has 11 heteroatoms. The number of hydrogen-bond donors (Lipinski definition) is 2. The van der Waals surface area contributed by atoms with Gasteiger partial charge in [-0.05, 0) is 24.3 Å². The zero-order valence-corrected chi connectivity index (χ0v) is 11.9. The molecule has 17 heavy (non-hydrogen) atoms. The van der Waals surface area contributed by atoms with Gasteiger partial charge >= 0.3 is 37.4 Å². The normalized spacial score (nSPS) is 10.7. The van der Waals surface area contributed by atoms with Crippen molar-refractivity contribution in [1.82, 2.24) is 0 Å². The van der Waals surface area contributed by atoms with Crippen molar-refractivity contribution < 1.29 is 70.3 Å². The van der Waals surface area contributed by atoms with E-state index in [0.717, 1.165) is 0 Å². The molecule has 0 amide bonds. The van der Waals surface area contributed by atoms with Crippen LogP contribution in [-0.2, 0) is 4.57 Å². The third kappa shape index (κ3) is 13.7. The van der Waals surface area contributed by atoms with Crippen molar-refractivity contribution in [2.75, 3.05) is 5.73 Å². The molecule has 1 aromatic rings. The van der Waals surface area contributed by atoms with Gasteiger partial charge in [-0.3, -0.25) is 4.57 Å². The molecular formula is C6H15NNaO8P. The first kappa shape index (κ1) is 30.1. The number of nitrogen functional groups attached to an aromatic ring is 1. The molecule has 98 valence electrons. The van der Waals surface area contributed by atoms with E-state index in [1.54, 1.807) is 0 Å². The summed E-state index contributed by atoms with van der Waals surface area (Å²) in [4.78, 5) is 18.5. The largest absolute Gasteiger partial charge is 1.00 e. The molecule has 0 heterocycles. The van der Waals surface area contributed by atoms with Crippen LogP contribution in [0.2, 0.25) is 0 Å². The van der Waals surface area contributed by atoms with Crippen molar-refractivity contribution in [3.63, 3.8) is 0 Å². The minimum absolute atomic E-state index is 0. The molecule has 0 fully saturated rings. The summed E-state index contributed by atoms with van der Waals surface area (Å²) in [6.07, 6.45) is 0. The van der Waals surface area contributed by atoms with Crippen LogP contribution in [0.25, 0.3) is 0 Å². The fourth-order valence-corrected chi connectivity index (χ4v) is 1.05. The van der Waals surface area contributed by atoms with Crippen molar-refractivity contribution in [3.8, 4) is 5.75 Å². The maximum atomic E-state index is 10.2. The molecule has 9 nitrogen and oxygen atoms in total. The summed E-state index contributed by atoms with van der Waals surface area (Å²) in [5.74, 6) is 0.0324. The summed E-state index contributed by atoms with van der Waals surface area (Å²) >= 11 is 0. The molecule has 0 saturated carbocycles. The molecular weight excluding hydrogens is 268 g/mol. The Hall–Kier alpha value is -0.190. The number of rotatable bonds is 2. The zero-order valence-electron chi connectivity index (χ0n) is 9.01. The number of phosphoric ester groups is 1. The second-order valence-corrected chi connectivity index (χ2v) is 3.25. The molecule has 0 spiro atoms. The summed E-state index contributed by atoms with van der Waals surface area (Å²) < 4.78 is 14.4. The van der Waals surface area contributed by atoms with Gasteiger partial charge in [0.15, 0.2) is 0 Å². The Balaban J connectivity index is -0.0000000960. The molecule has 1 rings (SSSR count).